The SMILES string of the molecule is O=C(CCc1n[nH]c2c1CCCC2)NCCN1CCc2ccccc21. The molecule has 132 valence electrons. The molecule has 5 nitrogen and oxygen atoms in total. The van der Waals surface area contributed by atoms with Crippen molar-refractivity contribution in [2.24, 2.45) is 0 Å². The van der Waals surface area contributed by atoms with Crippen LogP contribution in [-0.2, 0) is 30.5 Å². The van der Waals surface area contributed by atoms with Crippen molar-refractivity contribution in [3.63, 3.8) is 0 Å². The van der Waals surface area contributed by atoms with E-state index in [9.17, 15) is 4.79 Å². The minimum atomic E-state index is 0.125. The number of amides is 1. The zero-order valence-corrected chi connectivity index (χ0v) is 14.7. The Morgan fingerprint density at radius 1 is 1.20 bits per heavy atom. The number of hydrogen-bond donors (Lipinski definition) is 2. The van der Waals surface area contributed by atoms with Crippen molar-refractivity contribution < 1.29 is 4.79 Å². The quantitative estimate of drug-likeness (QED) is 0.850. The van der Waals surface area contributed by atoms with E-state index in [-0.39, 0.29) is 5.91 Å². The van der Waals surface area contributed by atoms with Crippen LogP contribution in [0.25, 0.3) is 0 Å². The van der Waals surface area contributed by atoms with Crippen LogP contribution in [0.15, 0.2) is 24.3 Å². The number of nitrogens with zero attached hydrogens (tertiary/aromatic N) is 2. The van der Waals surface area contributed by atoms with E-state index in [0.29, 0.717) is 13.0 Å². The van der Waals surface area contributed by atoms with Crippen LogP contribution in [0.1, 0.15) is 41.8 Å². The third-order valence-electron chi connectivity index (χ3n) is 5.42. The smallest absolute Gasteiger partial charge is 0.220 e. The number of benzene rings is 1. The molecule has 4 rings (SSSR count). The molecule has 0 spiro atoms. The maximum absolute atomic E-state index is 12.2. The average molecular weight is 338 g/mol. The molecular weight excluding hydrogens is 312 g/mol. The summed E-state index contributed by atoms with van der Waals surface area (Å²) in [5.74, 6) is 0.125. The van der Waals surface area contributed by atoms with Gasteiger partial charge in [-0.15, -0.1) is 0 Å². The Labute approximate surface area is 148 Å². The molecule has 2 aromatic rings. The van der Waals surface area contributed by atoms with Gasteiger partial charge in [0.1, 0.15) is 0 Å². The zero-order chi connectivity index (χ0) is 17.1. The third kappa shape index (κ3) is 3.55. The summed E-state index contributed by atoms with van der Waals surface area (Å²) in [7, 11) is 0. The molecule has 5 heteroatoms. The van der Waals surface area contributed by atoms with Crippen LogP contribution in [0.5, 0.6) is 0 Å². The Kier molecular flexibility index (Phi) is 4.72. The Hall–Kier alpha value is -2.30. The summed E-state index contributed by atoms with van der Waals surface area (Å²) in [5.41, 5.74) is 6.48. The number of carbonyl (C=O) groups is 1. The second-order valence-electron chi connectivity index (χ2n) is 7.05. The first-order valence-electron chi connectivity index (χ1n) is 9.46. The van der Waals surface area contributed by atoms with Crippen LogP contribution in [0.2, 0.25) is 0 Å². The first-order chi connectivity index (χ1) is 12.3. The normalized spacial score (nSPS) is 15.8. The number of rotatable bonds is 6. The van der Waals surface area contributed by atoms with Crippen molar-refractivity contribution in [2.75, 3.05) is 24.5 Å². The topological polar surface area (TPSA) is 61.0 Å². The maximum Gasteiger partial charge on any atom is 0.220 e. The molecule has 0 saturated carbocycles. The average Bonchev–Trinajstić information content (AvgIpc) is 3.24. The van der Waals surface area contributed by atoms with Gasteiger partial charge in [0.15, 0.2) is 0 Å². The monoisotopic (exact) mass is 338 g/mol. The lowest BCUT2D eigenvalue weighted by Gasteiger charge is -2.19. The molecule has 1 aromatic carbocycles. The predicted molar refractivity (Wildman–Crippen MR) is 98.9 cm³/mol. The number of para-hydroxylation sites is 1. The van der Waals surface area contributed by atoms with Gasteiger partial charge in [-0.05, 0) is 49.3 Å². The van der Waals surface area contributed by atoms with Gasteiger partial charge in [0.05, 0.1) is 5.69 Å². The number of aromatic nitrogens is 2. The largest absolute Gasteiger partial charge is 0.369 e. The molecule has 2 heterocycles. The standard InChI is InChI=1S/C20H26N4O/c25-20(10-9-18-16-6-2-3-7-17(16)22-23-18)21-12-14-24-13-11-15-5-1-4-8-19(15)24/h1,4-5,8H,2-3,6-7,9-14H2,(H,21,25)(H,22,23). The van der Waals surface area contributed by atoms with E-state index in [1.54, 1.807) is 0 Å². The fraction of sp³-hybridized carbons (Fsp3) is 0.500. The van der Waals surface area contributed by atoms with Gasteiger partial charge in [0.2, 0.25) is 5.91 Å². The molecule has 25 heavy (non-hydrogen) atoms. The van der Waals surface area contributed by atoms with E-state index in [1.165, 1.54) is 35.3 Å². The second kappa shape index (κ2) is 7.30. The van der Waals surface area contributed by atoms with Gasteiger partial charge in [0, 0.05) is 43.9 Å². The van der Waals surface area contributed by atoms with Gasteiger partial charge in [-0.25, -0.2) is 0 Å². The molecule has 2 N–H and O–H groups in total. The Morgan fingerprint density at radius 3 is 3.04 bits per heavy atom. The Morgan fingerprint density at radius 2 is 2.08 bits per heavy atom. The molecular formula is C20H26N4O. The summed E-state index contributed by atoms with van der Waals surface area (Å²) in [6, 6.07) is 8.54. The first kappa shape index (κ1) is 16.2. The van der Waals surface area contributed by atoms with Gasteiger partial charge in [-0.1, -0.05) is 18.2 Å². The van der Waals surface area contributed by atoms with Crippen LogP contribution < -0.4 is 10.2 Å². The van der Waals surface area contributed by atoms with Gasteiger partial charge in [0.25, 0.3) is 0 Å². The molecule has 0 radical (unpaired) electrons. The second-order valence-corrected chi connectivity index (χ2v) is 7.05. The lowest BCUT2D eigenvalue weighted by Crippen LogP contribution is -2.34. The Balaban J connectivity index is 1.22. The summed E-state index contributed by atoms with van der Waals surface area (Å²) in [5, 5.41) is 10.6. The number of aromatic amines is 1. The fourth-order valence-corrected chi connectivity index (χ4v) is 4.05. The summed E-state index contributed by atoms with van der Waals surface area (Å²) >= 11 is 0. The van der Waals surface area contributed by atoms with Crippen molar-refractivity contribution in [1.29, 1.82) is 0 Å². The maximum atomic E-state index is 12.2. The lowest BCUT2D eigenvalue weighted by molar-refractivity contribution is -0.121. The van der Waals surface area contributed by atoms with Crippen molar-refractivity contribution >= 4 is 11.6 Å². The highest BCUT2D eigenvalue weighted by Gasteiger charge is 2.19. The summed E-state index contributed by atoms with van der Waals surface area (Å²) < 4.78 is 0. The summed E-state index contributed by atoms with van der Waals surface area (Å²) in [6.07, 6.45) is 7.06. The van der Waals surface area contributed by atoms with Gasteiger partial charge >= 0.3 is 0 Å². The summed E-state index contributed by atoms with van der Waals surface area (Å²) in [4.78, 5) is 14.5. The number of nitrogens with one attached hydrogen (secondary N) is 2. The molecule has 0 unspecified atom stereocenters. The first-order valence-corrected chi connectivity index (χ1v) is 9.46. The number of anilines is 1. The van der Waals surface area contributed by atoms with Gasteiger partial charge in [-0.2, -0.15) is 5.10 Å². The molecule has 1 aliphatic carbocycles. The molecule has 1 aromatic heterocycles. The van der Waals surface area contributed by atoms with E-state index in [4.69, 9.17) is 0 Å². The highest BCUT2D eigenvalue weighted by Crippen LogP contribution is 2.26. The predicted octanol–water partition coefficient (Wildman–Crippen LogP) is 2.40. The van der Waals surface area contributed by atoms with Gasteiger partial charge < -0.3 is 10.2 Å². The number of fused-ring (bicyclic) bond motifs is 2. The van der Waals surface area contributed by atoms with Crippen LogP contribution >= 0.6 is 0 Å². The van der Waals surface area contributed by atoms with Crippen LogP contribution in [-0.4, -0.2) is 35.7 Å². The molecule has 0 fully saturated rings. The van der Waals surface area contributed by atoms with E-state index < -0.39 is 0 Å². The van der Waals surface area contributed by atoms with Crippen molar-refractivity contribution in [1.82, 2.24) is 15.5 Å². The minimum Gasteiger partial charge on any atom is -0.369 e. The van der Waals surface area contributed by atoms with Crippen LogP contribution in [0, 0.1) is 0 Å². The molecule has 0 saturated heterocycles. The molecule has 1 aliphatic heterocycles. The zero-order valence-electron chi connectivity index (χ0n) is 14.7. The van der Waals surface area contributed by atoms with E-state index >= 15 is 0 Å². The number of hydrogen-bond acceptors (Lipinski definition) is 3. The minimum absolute atomic E-state index is 0.125. The lowest BCUT2D eigenvalue weighted by atomic mass is 9.95. The van der Waals surface area contributed by atoms with Crippen LogP contribution in [0.4, 0.5) is 5.69 Å². The van der Waals surface area contributed by atoms with E-state index in [0.717, 1.165) is 44.5 Å². The van der Waals surface area contributed by atoms with Crippen molar-refractivity contribution in [3.05, 3.63) is 46.8 Å². The van der Waals surface area contributed by atoms with Crippen LogP contribution in [0.3, 0.4) is 0 Å². The molecule has 1 amide bonds. The number of aryl methyl sites for hydroxylation is 2. The molecule has 0 bridgehead atoms. The van der Waals surface area contributed by atoms with E-state index in [1.807, 2.05) is 0 Å². The highest BCUT2D eigenvalue weighted by molar-refractivity contribution is 5.76. The fourth-order valence-electron chi connectivity index (χ4n) is 4.05. The molecule has 2 aliphatic rings. The molecule has 0 atom stereocenters. The van der Waals surface area contributed by atoms with E-state index in [2.05, 4.69) is 44.7 Å². The number of H-pyrrole nitrogens is 1. The van der Waals surface area contributed by atoms with Crippen molar-refractivity contribution in [3.8, 4) is 0 Å². The number of carbonyl (C=O) groups excluding carboxylic acids is 1. The van der Waals surface area contributed by atoms with Gasteiger partial charge in [-0.3, -0.25) is 9.89 Å². The highest BCUT2D eigenvalue weighted by atomic mass is 16.1. The Bertz CT molecular complexity index is 752. The third-order valence-corrected chi connectivity index (χ3v) is 5.42. The van der Waals surface area contributed by atoms with Crippen molar-refractivity contribution in [2.45, 2.75) is 44.9 Å². The summed E-state index contributed by atoms with van der Waals surface area (Å²) in [6.45, 7) is 2.63.